The smallest absolute Gasteiger partial charge is 0.342 e. The molecule has 1 aromatic rings. The van der Waals surface area contributed by atoms with Crippen molar-refractivity contribution >= 4 is 17.6 Å². The number of esters is 1. The third kappa shape index (κ3) is 7.34. The molecular formula is C25H32N2O7. The van der Waals surface area contributed by atoms with Gasteiger partial charge in [0.1, 0.15) is 23.2 Å². The highest BCUT2D eigenvalue weighted by molar-refractivity contribution is 6.00. The van der Waals surface area contributed by atoms with E-state index >= 15 is 0 Å². The van der Waals surface area contributed by atoms with Gasteiger partial charge in [0.25, 0.3) is 5.91 Å². The first-order valence-corrected chi connectivity index (χ1v) is 11.6. The molecule has 2 atom stereocenters. The number of allylic oxidation sites excluding steroid dienone is 1. The van der Waals surface area contributed by atoms with Gasteiger partial charge in [-0.15, -0.1) is 0 Å². The molecule has 0 spiro atoms. The molecule has 2 heterocycles. The largest absolute Gasteiger partial charge is 0.508 e. The molecular weight excluding hydrogens is 440 g/mol. The van der Waals surface area contributed by atoms with E-state index in [9.17, 15) is 24.9 Å². The number of carbonyl (C=O) groups excluding carboxylic acids is 2. The summed E-state index contributed by atoms with van der Waals surface area (Å²) in [4.78, 5) is 32.2. The number of carbonyl (C=O) groups is 2. The summed E-state index contributed by atoms with van der Waals surface area (Å²) in [7, 11) is 0. The zero-order valence-electron chi connectivity index (χ0n) is 19.4. The molecule has 0 bridgehead atoms. The lowest BCUT2D eigenvalue weighted by atomic mass is 9.99. The van der Waals surface area contributed by atoms with Gasteiger partial charge in [-0.3, -0.25) is 4.79 Å². The van der Waals surface area contributed by atoms with Crippen LogP contribution in [0.5, 0.6) is 11.5 Å². The number of cyclic esters (lactones) is 1. The van der Waals surface area contributed by atoms with Crippen LogP contribution in [0.1, 0.15) is 54.9 Å². The molecule has 0 saturated carbocycles. The lowest BCUT2D eigenvalue weighted by molar-refractivity contribution is -0.137. The second kappa shape index (κ2) is 12.2. The Hall–Kier alpha value is -3.33. The fourth-order valence-corrected chi connectivity index (χ4v) is 3.91. The van der Waals surface area contributed by atoms with Gasteiger partial charge >= 0.3 is 5.97 Å². The number of amides is 1. The van der Waals surface area contributed by atoms with Crippen molar-refractivity contribution in [2.75, 3.05) is 19.7 Å². The Kier molecular flexibility index (Phi) is 9.09. The standard InChI is InChI=1S/C25H32N2O7/c1-17-7-5-9-20(28)10-6-8-19(26-33-16-23(31)27-11-3-2-4-12-27)13-18-14-21(29)15-22(30)24(18)25(32)34-17/h5-6,8-9,14-15,17,20,28-30H,2-4,7,10-13,16H2,1H3/t17-,20+/m1/s1. The van der Waals surface area contributed by atoms with Crippen molar-refractivity contribution in [3.63, 3.8) is 0 Å². The van der Waals surface area contributed by atoms with Gasteiger partial charge in [0.05, 0.1) is 11.8 Å². The van der Waals surface area contributed by atoms with Gasteiger partial charge in [0, 0.05) is 32.0 Å². The van der Waals surface area contributed by atoms with Crippen LogP contribution in [0.25, 0.3) is 0 Å². The molecule has 9 nitrogen and oxygen atoms in total. The lowest BCUT2D eigenvalue weighted by Gasteiger charge is -2.26. The van der Waals surface area contributed by atoms with Crippen LogP contribution in [0, 0.1) is 0 Å². The molecule has 2 aliphatic heterocycles. The number of phenols is 2. The number of fused-ring (bicyclic) bond motifs is 1. The molecule has 0 aliphatic carbocycles. The molecule has 34 heavy (non-hydrogen) atoms. The molecule has 9 heteroatoms. The van der Waals surface area contributed by atoms with E-state index in [0.29, 0.717) is 31.6 Å². The molecule has 0 radical (unpaired) electrons. The minimum absolute atomic E-state index is 0.0150. The average molecular weight is 473 g/mol. The van der Waals surface area contributed by atoms with Gasteiger partial charge in [-0.1, -0.05) is 23.4 Å². The maximum absolute atomic E-state index is 12.8. The number of aliphatic hydroxyl groups excluding tert-OH is 1. The Bertz CT molecular complexity index is 964. The topological polar surface area (TPSA) is 129 Å². The summed E-state index contributed by atoms with van der Waals surface area (Å²) >= 11 is 0. The van der Waals surface area contributed by atoms with Crippen LogP contribution in [-0.2, 0) is 20.8 Å². The van der Waals surface area contributed by atoms with E-state index in [-0.39, 0.29) is 35.8 Å². The summed E-state index contributed by atoms with van der Waals surface area (Å²) in [6, 6.07) is 2.43. The number of nitrogens with zero attached hydrogens (tertiary/aromatic N) is 2. The maximum atomic E-state index is 12.8. The summed E-state index contributed by atoms with van der Waals surface area (Å²) in [5.74, 6) is -1.52. The van der Waals surface area contributed by atoms with Gasteiger partial charge in [0.2, 0.25) is 0 Å². The van der Waals surface area contributed by atoms with Gasteiger partial charge in [-0.25, -0.2) is 4.79 Å². The molecule has 184 valence electrons. The lowest BCUT2D eigenvalue weighted by Crippen LogP contribution is -2.37. The zero-order chi connectivity index (χ0) is 24.5. The minimum Gasteiger partial charge on any atom is -0.508 e. The zero-order valence-corrected chi connectivity index (χ0v) is 19.4. The first-order chi connectivity index (χ1) is 16.3. The number of aromatic hydroxyl groups is 2. The number of likely N-dealkylation sites (tertiary alicyclic amines) is 1. The van der Waals surface area contributed by atoms with Crippen molar-refractivity contribution in [1.29, 1.82) is 0 Å². The van der Waals surface area contributed by atoms with Crippen LogP contribution in [0.15, 0.2) is 41.6 Å². The summed E-state index contributed by atoms with van der Waals surface area (Å²) in [6.07, 6.45) is 9.22. The van der Waals surface area contributed by atoms with E-state index in [1.165, 1.54) is 6.07 Å². The van der Waals surface area contributed by atoms with Gasteiger partial charge in [-0.2, -0.15) is 0 Å². The number of ether oxygens (including phenoxy) is 1. The SMILES string of the molecule is C[C@@H]1CC=C[C@H](O)CC=CC(=NOCC(=O)N2CCCCC2)Cc2cc(O)cc(O)c2C(=O)O1. The third-order valence-electron chi connectivity index (χ3n) is 5.66. The number of phenolic OH excluding ortho intramolecular Hbond substituents is 2. The van der Waals surface area contributed by atoms with E-state index in [1.807, 2.05) is 0 Å². The second-order valence-electron chi connectivity index (χ2n) is 8.56. The van der Waals surface area contributed by atoms with E-state index < -0.39 is 23.9 Å². The van der Waals surface area contributed by atoms with E-state index in [2.05, 4.69) is 5.16 Å². The predicted molar refractivity (Wildman–Crippen MR) is 126 cm³/mol. The van der Waals surface area contributed by atoms with Crippen molar-refractivity contribution in [3.8, 4) is 11.5 Å². The van der Waals surface area contributed by atoms with Crippen LogP contribution in [0.4, 0.5) is 0 Å². The molecule has 0 unspecified atom stereocenters. The number of aliphatic hydroxyl groups is 1. The summed E-state index contributed by atoms with van der Waals surface area (Å²) in [5.41, 5.74) is 0.556. The molecule has 0 aromatic heterocycles. The molecule has 1 aromatic carbocycles. The third-order valence-corrected chi connectivity index (χ3v) is 5.66. The van der Waals surface area contributed by atoms with Crippen LogP contribution in [0.3, 0.4) is 0 Å². The Balaban J connectivity index is 1.86. The number of rotatable bonds is 3. The normalized spacial score (nSPS) is 23.2. The van der Waals surface area contributed by atoms with Crippen LogP contribution in [0.2, 0.25) is 0 Å². The first-order valence-electron chi connectivity index (χ1n) is 11.6. The minimum atomic E-state index is -0.740. The Morgan fingerprint density at radius 3 is 2.71 bits per heavy atom. The first kappa shape index (κ1) is 25.3. The second-order valence-corrected chi connectivity index (χ2v) is 8.56. The molecule has 1 fully saturated rings. The fourth-order valence-electron chi connectivity index (χ4n) is 3.91. The Morgan fingerprint density at radius 2 is 1.94 bits per heavy atom. The number of hydrogen-bond donors (Lipinski definition) is 3. The number of piperidine rings is 1. The fraction of sp³-hybridized carbons (Fsp3) is 0.480. The highest BCUT2D eigenvalue weighted by atomic mass is 16.6. The summed E-state index contributed by atoms with van der Waals surface area (Å²) in [5, 5.41) is 34.6. The molecule has 2 aliphatic rings. The van der Waals surface area contributed by atoms with Crippen molar-refractivity contribution in [2.24, 2.45) is 5.16 Å². The van der Waals surface area contributed by atoms with E-state index in [1.54, 1.807) is 36.1 Å². The van der Waals surface area contributed by atoms with Crippen molar-refractivity contribution < 1.29 is 34.5 Å². The van der Waals surface area contributed by atoms with Crippen LogP contribution >= 0.6 is 0 Å². The van der Waals surface area contributed by atoms with Gasteiger partial charge in [0.15, 0.2) is 6.61 Å². The Morgan fingerprint density at radius 1 is 1.18 bits per heavy atom. The highest BCUT2D eigenvalue weighted by Crippen LogP contribution is 2.29. The number of hydrogen-bond acceptors (Lipinski definition) is 8. The predicted octanol–water partition coefficient (Wildman–Crippen LogP) is 2.84. The average Bonchev–Trinajstić information content (AvgIpc) is 2.78. The quantitative estimate of drug-likeness (QED) is 0.350. The number of benzene rings is 1. The molecule has 3 rings (SSSR count). The van der Waals surface area contributed by atoms with Crippen LogP contribution in [-0.4, -0.2) is 69.7 Å². The Labute approximate surface area is 199 Å². The van der Waals surface area contributed by atoms with E-state index in [4.69, 9.17) is 9.57 Å². The van der Waals surface area contributed by atoms with Crippen LogP contribution < -0.4 is 0 Å². The number of oxime groups is 1. The van der Waals surface area contributed by atoms with Crippen molar-refractivity contribution in [1.82, 2.24) is 4.90 Å². The van der Waals surface area contributed by atoms with Crippen molar-refractivity contribution in [2.45, 2.75) is 57.7 Å². The molecule has 1 amide bonds. The molecule has 1 saturated heterocycles. The monoisotopic (exact) mass is 472 g/mol. The highest BCUT2D eigenvalue weighted by Gasteiger charge is 2.22. The van der Waals surface area contributed by atoms with Crippen molar-refractivity contribution in [3.05, 3.63) is 47.6 Å². The maximum Gasteiger partial charge on any atom is 0.342 e. The molecule has 3 N–H and O–H groups in total. The van der Waals surface area contributed by atoms with E-state index in [0.717, 1.165) is 25.3 Å². The van der Waals surface area contributed by atoms with Gasteiger partial charge < -0.3 is 29.8 Å². The van der Waals surface area contributed by atoms with Gasteiger partial charge in [-0.05, 0) is 50.3 Å². The summed E-state index contributed by atoms with van der Waals surface area (Å²) < 4.78 is 5.44. The summed E-state index contributed by atoms with van der Waals surface area (Å²) in [6.45, 7) is 2.89.